The molecule has 0 N–H and O–H groups in total. The molecule has 0 fully saturated rings. The molecule has 0 bridgehead atoms. The molecule has 14 heavy (non-hydrogen) atoms. The molecule has 2 nitrogen and oxygen atoms in total. The van der Waals surface area contributed by atoms with Crippen LogP contribution in [0, 0.1) is 5.82 Å². The zero-order valence-corrected chi connectivity index (χ0v) is 7.92. The molecule has 1 aromatic heterocycles. The molecular weight excluding hydrogens is 201 g/mol. The van der Waals surface area contributed by atoms with Crippen LogP contribution in [0.5, 0.6) is 0 Å². The SMILES string of the molecule is O=Cc1cccc(-c2nccs2)c1F. The summed E-state index contributed by atoms with van der Waals surface area (Å²) in [6, 6.07) is 4.70. The van der Waals surface area contributed by atoms with Gasteiger partial charge in [0.1, 0.15) is 10.8 Å². The second-order valence-corrected chi connectivity index (χ2v) is 3.56. The van der Waals surface area contributed by atoms with E-state index in [1.807, 2.05) is 0 Å². The predicted octanol–water partition coefficient (Wildman–Crippen LogP) is 2.76. The first kappa shape index (κ1) is 9.02. The molecule has 1 heterocycles. The van der Waals surface area contributed by atoms with E-state index in [-0.39, 0.29) is 5.56 Å². The van der Waals surface area contributed by atoms with Crippen molar-refractivity contribution in [3.63, 3.8) is 0 Å². The molecule has 0 radical (unpaired) electrons. The molecule has 0 unspecified atom stereocenters. The van der Waals surface area contributed by atoms with Crippen LogP contribution in [0.15, 0.2) is 29.8 Å². The second kappa shape index (κ2) is 3.67. The van der Waals surface area contributed by atoms with E-state index < -0.39 is 5.82 Å². The highest BCUT2D eigenvalue weighted by molar-refractivity contribution is 7.13. The van der Waals surface area contributed by atoms with Crippen LogP contribution in [0.25, 0.3) is 10.6 Å². The van der Waals surface area contributed by atoms with Crippen molar-refractivity contribution >= 4 is 17.6 Å². The lowest BCUT2D eigenvalue weighted by atomic mass is 10.1. The van der Waals surface area contributed by atoms with Gasteiger partial charge in [0.05, 0.1) is 5.56 Å². The maximum atomic E-state index is 13.6. The first-order valence-corrected chi connectivity index (χ1v) is 4.84. The molecule has 0 spiro atoms. The molecular formula is C10H6FNOS. The van der Waals surface area contributed by atoms with Gasteiger partial charge in [-0.25, -0.2) is 9.37 Å². The van der Waals surface area contributed by atoms with Gasteiger partial charge in [-0.3, -0.25) is 4.79 Å². The zero-order chi connectivity index (χ0) is 9.97. The van der Waals surface area contributed by atoms with Crippen LogP contribution >= 0.6 is 11.3 Å². The third kappa shape index (κ3) is 1.44. The highest BCUT2D eigenvalue weighted by atomic mass is 32.1. The van der Waals surface area contributed by atoms with E-state index in [9.17, 15) is 9.18 Å². The standard InChI is InChI=1S/C10H6FNOS/c11-9-7(6-13)2-1-3-8(9)10-12-4-5-14-10/h1-6H. The van der Waals surface area contributed by atoms with Crippen LogP contribution in [0.4, 0.5) is 4.39 Å². The van der Waals surface area contributed by atoms with Crippen molar-refractivity contribution in [2.24, 2.45) is 0 Å². The fraction of sp³-hybridized carbons (Fsp3) is 0. The van der Waals surface area contributed by atoms with Gasteiger partial charge in [0.25, 0.3) is 0 Å². The summed E-state index contributed by atoms with van der Waals surface area (Å²) in [5, 5.41) is 2.36. The summed E-state index contributed by atoms with van der Waals surface area (Å²) < 4.78 is 13.6. The number of aldehydes is 1. The number of rotatable bonds is 2. The predicted molar refractivity (Wildman–Crippen MR) is 52.9 cm³/mol. The fourth-order valence-electron chi connectivity index (χ4n) is 1.16. The molecule has 4 heteroatoms. The number of hydrogen-bond acceptors (Lipinski definition) is 3. The maximum Gasteiger partial charge on any atom is 0.153 e. The molecule has 70 valence electrons. The normalized spacial score (nSPS) is 10.1. The van der Waals surface area contributed by atoms with Crippen LogP contribution in [0.3, 0.4) is 0 Å². The largest absolute Gasteiger partial charge is 0.298 e. The highest BCUT2D eigenvalue weighted by Crippen LogP contribution is 2.25. The van der Waals surface area contributed by atoms with Gasteiger partial charge in [-0.05, 0) is 12.1 Å². The summed E-state index contributed by atoms with van der Waals surface area (Å²) in [5.41, 5.74) is 0.447. The van der Waals surface area contributed by atoms with Gasteiger partial charge in [-0.1, -0.05) is 6.07 Å². The van der Waals surface area contributed by atoms with Gasteiger partial charge in [0, 0.05) is 17.1 Å². The monoisotopic (exact) mass is 207 g/mol. The smallest absolute Gasteiger partial charge is 0.153 e. The maximum absolute atomic E-state index is 13.6. The number of hydrogen-bond donors (Lipinski definition) is 0. The second-order valence-electron chi connectivity index (χ2n) is 2.66. The van der Waals surface area contributed by atoms with E-state index in [0.717, 1.165) is 0 Å². The molecule has 2 rings (SSSR count). The Hall–Kier alpha value is -1.55. The number of carbonyl (C=O) groups excluding carboxylic acids is 1. The van der Waals surface area contributed by atoms with Crippen molar-refractivity contribution in [3.05, 3.63) is 41.2 Å². The zero-order valence-electron chi connectivity index (χ0n) is 7.11. The van der Waals surface area contributed by atoms with Gasteiger partial charge >= 0.3 is 0 Å². The average molecular weight is 207 g/mol. The van der Waals surface area contributed by atoms with E-state index in [1.165, 1.54) is 17.4 Å². The van der Waals surface area contributed by atoms with Gasteiger partial charge < -0.3 is 0 Å². The minimum atomic E-state index is -0.502. The van der Waals surface area contributed by atoms with Crippen molar-refractivity contribution in [2.75, 3.05) is 0 Å². The molecule has 2 aromatic rings. The molecule has 0 aliphatic heterocycles. The lowest BCUT2D eigenvalue weighted by Crippen LogP contribution is -1.90. The molecule has 0 saturated heterocycles. The van der Waals surface area contributed by atoms with Crippen LogP contribution in [0.2, 0.25) is 0 Å². The van der Waals surface area contributed by atoms with Gasteiger partial charge in [0.2, 0.25) is 0 Å². The Labute approximate surface area is 84.0 Å². The molecule has 0 aliphatic rings. The quantitative estimate of drug-likeness (QED) is 0.709. The lowest BCUT2D eigenvalue weighted by Gasteiger charge is -2.00. The Bertz CT molecular complexity index is 453. The Morgan fingerprint density at radius 3 is 2.93 bits per heavy atom. The van der Waals surface area contributed by atoms with E-state index in [1.54, 1.807) is 23.7 Å². The number of halogens is 1. The summed E-state index contributed by atoms with van der Waals surface area (Å²) in [6.45, 7) is 0. The van der Waals surface area contributed by atoms with Crippen molar-refractivity contribution in [1.29, 1.82) is 0 Å². The third-order valence-corrected chi connectivity index (χ3v) is 2.62. The van der Waals surface area contributed by atoms with Gasteiger partial charge in [-0.2, -0.15) is 0 Å². The average Bonchev–Trinajstić information content (AvgIpc) is 2.71. The number of thiazole rings is 1. The minimum absolute atomic E-state index is 0.0673. The van der Waals surface area contributed by atoms with E-state index in [4.69, 9.17) is 0 Å². The minimum Gasteiger partial charge on any atom is -0.298 e. The molecule has 1 aromatic carbocycles. The van der Waals surface area contributed by atoms with Crippen LogP contribution in [-0.4, -0.2) is 11.3 Å². The topological polar surface area (TPSA) is 30.0 Å². The number of nitrogens with zero attached hydrogens (tertiary/aromatic N) is 1. The molecule has 0 atom stereocenters. The Morgan fingerprint density at radius 2 is 2.29 bits per heavy atom. The van der Waals surface area contributed by atoms with Crippen molar-refractivity contribution in [3.8, 4) is 10.6 Å². The summed E-state index contributed by atoms with van der Waals surface area (Å²) >= 11 is 1.34. The summed E-state index contributed by atoms with van der Waals surface area (Å²) in [5.74, 6) is -0.502. The molecule has 0 saturated carbocycles. The first-order valence-electron chi connectivity index (χ1n) is 3.96. The fourth-order valence-corrected chi connectivity index (χ4v) is 1.82. The number of benzene rings is 1. The van der Waals surface area contributed by atoms with E-state index >= 15 is 0 Å². The summed E-state index contributed by atoms with van der Waals surface area (Å²) in [7, 11) is 0. The van der Waals surface area contributed by atoms with E-state index in [0.29, 0.717) is 16.9 Å². The Morgan fingerprint density at radius 1 is 1.43 bits per heavy atom. The van der Waals surface area contributed by atoms with Gasteiger partial charge in [-0.15, -0.1) is 11.3 Å². The number of carbonyl (C=O) groups is 1. The van der Waals surface area contributed by atoms with E-state index in [2.05, 4.69) is 4.98 Å². The summed E-state index contributed by atoms with van der Waals surface area (Å²) in [6.07, 6.45) is 2.11. The summed E-state index contributed by atoms with van der Waals surface area (Å²) in [4.78, 5) is 14.5. The lowest BCUT2D eigenvalue weighted by molar-refractivity contribution is 0.112. The Balaban J connectivity index is 2.60. The first-order chi connectivity index (χ1) is 6.83. The van der Waals surface area contributed by atoms with Crippen molar-refractivity contribution in [2.45, 2.75) is 0 Å². The Kier molecular flexibility index (Phi) is 2.37. The van der Waals surface area contributed by atoms with Crippen molar-refractivity contribution < 1.29 is 9.18 Å². The molecule has 0 amide bonds. The van der Waals surface area contributed by atoms with Crippen molar-refractivity contribution in [1.82, 2.24) is 4.98 Å². The highest BCUT2D eigenvalue weighted by Gasteiger charge is 2.10. The molecule has 0 aliphatic carbocycles. The van der Waals surface area contributed by atoms with Gasteiger partial charge in [0.15, 0.2) is 6.29 Å². The number of aromatic nitrogens is 1. The van der Waals surface area contributed by atoms with Crippen LogP contribution in [0.1, 0.15) is 10.4 Å². The van der Waals surface area contributed by atoms with Crippen LogP contribution < -0.4 is 0 Å². The third-order valence-electron chi connectivity index (χ3n) is 1.82. The van der Waals surface area contributed by atoms with Crippen LogP contribution in [-0.2, 0) is 0 Å².